The molecule has 0 N–H and O–H groups in total. The van der Waals surface area contributed by atoms with Gasteiger partial charge in [0.1, 0.15) is 0 Å². The number of nitrogens with zero attached hydrogens (tertiary/aromatic N) is 4. The second kappa shape index (κ2) is 14.6. The zero-order valence-electron chi connectivity index (χ0n) is 16.2. The van der Waals surface area contributed by atoms with Crippen LogP contribution >= 0.6 is 0 Å². The number of non-ortho nitro benzene ring substituents is 1. The van der Waals surface area contributed by atoms with Crippen LogP contribution in [0.4, 0.5) is 11.4 Å². The van der Waals surface area contributed by atoms with E-state index < -0.39 is 4.92 Å². The van der Waals surface area contributed by atoms with Gasteiger partial charge in [0.15, 0.2) is 0 Å². The zero-order valence-corrected chi connectivity index (χ0v) is 17.8. The molecule has 2 aromatic heterocycles. The van der Waals surface area contributed by atoms with E-state index >= 15 is 0 Å². The third-order valence-electron chi connectivity index (χ3n) is 3.55. The number of rotatable bonds is 3. The summed E-state index contributed by atoms with van der Waals surface area (Å²) in [5, 5.41) is 14.8. The molecule has 0 aliphatic heterocycles. The topological polar surface area (TPSA) is 83.0 Å². The maximum atomic E-state index is 10.7. The van der Waals surface area contributed by atoms with Crippen molar-refractivity contribution in [3.63, 3.8) is 0 Å². The van der Waals surface area contributed by atoms with Gasteiger partial charge in [-0.15, -0.1) is 12.7 Å². The van der Waals surface area contributed by atoms with Gasteiger partial charge >= 0.3 is 20.4 Å². The minimum absolute atomic E-state index is 0. The van der Waals surface area contributed by atoms with E-state index in [1.54, 1.807) is 43.8 Å². The van der Waals surface area contributed by atoms with Gasteiger partial charge in [-0.25, -0.2) is 0 Å². The Balaban J connectivity index is 0.000000283. The summed E-state index contributed by atoms with van der Waals surface area (Å²) < 4.78 is 0. The van der Waals surface area contributed by atoms with E-state index in [0.29, 0.717) is 16.9 Å². The Morgan fingerprint density at radius 1 is 0.900 bits per heavy atom. The molecule has 0 spiro atoms. The fourth-order valence-electron chi connectivity index (χ4n) is 2.21. The predicted molar refractivity (Wildman–Crippen MR) is 115 cm³/mol. The van der Waals surface area contributed by atoms with Crippen LogP contribution in [0.1, 0.15) is 0 Å². The molecule has 4 rings (SSSR count). The van der Waals surface area contributed by atoms with Crippen LogP contribution in [0.15, 0.2) is 104 Å². The molecule has 0 saturated carbocycles. The molecule has 0 aliphatic rings. The molecule has 154 valence electrons. The molecule has 2 aromatic carbocycles. The van der Waals surface area contributed by atoms with E-state index in [1.807, 2.05) is 54.6 Å². The van der Waals surface area contributed by atoms with E-state index in [2.05, 4.69) is 21.4 Å². The van der Waals surface area contributed by atoms with Gasteiger partial charge in [-0.1, -0.05) is 18.2 Å². The van der Waals surface area contributed by atoms with Crippen molar-refractivity contribution in [2.24, 2.45) is 0 Å². The molecule has 7 heteroatoms. The third-order valence-corrected chi connectivity index (χ3v) is 3.55. The fraction of sp³-hybridized carbons (Fsp3) is 0.0435. The van der Waals surface area contributed by atoms with Gasteiger partial charge in [-0.3, -0.25) is 20.1 Å². The number of nitro benzene ring substituents is 1. The van der Waals surface area contributed by atoms with Crippen molar-refractivity contribution >= 4 is 11.4 Å². The van der Waals surface area contributed by atoms with Gasteiger partial charge in [0.05, 0.1) is 10.6 Å². The standard InChI is InChI=1S/C12H10N3O2.C6H5.C5H5N.Pd/c1-13-11-6-5-9(15(16)17)8-10(11)12-4-2-3-7-14-12;2*1-2-4-6-5-3-1;/h2-8H,1H3;2*1-5H;/q2*-1;;+2. The van der Waals surface area contributed by atoms with E-state index in [9.17, 15) is 10.1 Å². The number of nitro groups is 1. The number of hydrogen-bond donors (Lipinski definition) is 0. The first-order valence-electron chi connectivity index (χ1n) is 8.78. The summed E-state index contributed by atoms with van der Waals surface area (Å²) in [6, 6.07) is 28.2. The number of hydrogen-bond acceptors (Lipinski definition) is 4. The Labute approximate surface area is 189 Å². The Kier molecular flexibility index (Phi) is 12.0. The number of pyridine rings is 2. The van der Waals surface area contributed by atoms with E-state index in [-0.39, 0.29) is 26.1 Å². The molecular weight excluding hydrogens is 471 g/mol. The molecule has 30 heavy (non-hydrogen) atoms. The zero-order chi connectivity index (χ0) is 20.7. The van der Waals surface area contributed by atoms with Crippen molar-refractivity contribution < 1.29 is 25.3 Å². The van der Waals surface area contributed by atoms with E-state index in [1.165, 1.54) is 12.1 Å². The van der Waals surface area contributed by atoms with Gasteiger partial charge in [-0.05, 0) is 29.8 Å². The molecule has 0 bridgehead atoms. The molecule has 0 unspecified atom stereocenters. The molecule has 0 aliphatic carbocycles. The van der Waals surface area contributed by atoms with Crippen LogP contribution in [0.2, 0.25) is 0 Å². The first kappa shape index (κ1) is 24.6. The molecule has 0 fully saturated rings. The molecule has 0 atom stereocenters. The van der Waals surface area contributed by atoms with Gasteiger partial charge in [0.25, 0.3) is 5.69 Å². The summed E-state index contributed by atoms with van der Waals surface area (Å²) >= 11 is 0. The Morgan fingerprint density at radius 2 is 1.57 bits per heavy atom. The second-order valence-electron chi connectivity index (χ2n) is 5.50. The number of benzene rings is 2. The first-order valence-corrected chi connectivity index (χ1v) is 8.78. The molecule has 0 saturated heterocycles. The molecular formula is C23H20N4O2Pd. The van der Waals surface area contributed by atoms with Crippen molar-refractivity contribution in [3.05, 3.63) is 125 Å². The first-order chi connectivity index (χ1) is 14.2. The molecule has 0 amide bonds. The minimum atomic E-state index is -0.425. The molecule has 4 aromatic rings. The number of aromatic nitrogens is 2. The van der Waals surface area contributed by atoms with Gasteiger partial charge in [0, 0.05) is 30.7 Å². The van der Waals surface area contributed by atoms with Crippen molar-refractivity contribution in [1.82, 2.24) is 9.97 Å². The van der Waals surface area contributed by atoms with Gasteiger partial charge in [0.2, 0.25) is 0 Å². The van der Waals surface area contributed by atoms with Crippen LogP contribution in [-0.2, 0) is 20.4 Å². The monoisotopic (exact) mass is 490 g/mol. The van der Waals surface area contributed by atoms with Gasteiger partial charge < -0.3 is 5.32 Å². The SMILES string of the molecule is C[N-]c1ccc([N+](=O)[O-])cc1-c1ccccn1.[Pd+2].[c-]1ccccc1.c1ccncc1. The second-order valence-corrected chi connectivity index (χ2v) is 5.50. The summed E-state index contributed by atoms with van der Waals surface area (Å²) in [6.07, 6.45) is 5.15. The smallest absolute Gasteiger partial charge is 0.686 e. The average Bonchev–Trinajstić information content (AvgIpc) is 2.82. The molecule has 0 radical (unpaired) electrons. The fourth-order valence-corrected chi connectivity index (χ4v) is 2.21. The Morgan fingerprint density at radius 3 is 1.97 bits per heavy atom. The van der Waals surface area contributed by atoms with Crippen molar-refractivity contribution in [3.8, 4) is 11.3 Å². The molecule has 6 nitrogen and oxygen atoms in total. The quantitative estimate of drug-likeness (QED) is 0.156. The normalized spacial score (nSPS) is 8.83. The van der Waals surface area contributed by atoms with Crippen LogP contribution in [0.5, 0.6) is 0 Å². The maximum absolute atomic E-state index is 10.7. The maximum Gasteiger partial charge on any atom is 2.00 e. The third kappa shape index (κ3) is 8.74. The Bertz CT molecular complexity index is 887. The van der Waals surface area contributed by atoms with E-state index in [4.69, 9.17) is 0 Å². The predicted octanol–water partition coefficient (Wildman–Crippen LogP) is 5.86. The Hall–Kier alpha value is -3.40. The van der Waals surface area contributed by atoms with Crippen LogP contribution < -0.4 is 0 Å². The summed E-state index contributed by atoms with van der Waals surface area (Å²) in [5.41, 5.74) is 2.08. The summed E-state index contributed by atoms with van der Waals surface area (Å²) in [6.45, 7) is 0. The van der Waals surface area contributed by atoms with Crippen LogP contribution in [0.3, 0.4) is 0 Å². The summed E-state index contributed by atoms with van der Waals surface area (Å²) in [5.74, 6) is 0. The largest absolute Gasteiger partial charge is 2.00 e. The van der Waals surface area contributed by atoms with E-state index in [0.717, 1.165) is 0 Å². The molecule has 2 heterocycles. The summed E-state index contributed by atoms with van der Waals surface area (Å²) in [7, 11) is 1.65. The average molecular weight is 491 g/mol. The van der Waals surface area contributed by atoms with Crippen LogP contribution in [-0.4, -0.2) is 21.9 Å². The van der Waals surface area contributed by atoms with Gasteiger partial charge in [-0.2, -0.15) is 36.4 Å². The minimum Gasteiger partial charge on any atom is -0.686 e. The van der Waals surface area contributed by atoms with Crippen molar-refractivity contribution in [2.75, 3.05) is 7.05 Å². The van der Waals surface area contributed by atoms with Crippen LogP contribution in [0, 0.1) is 16.2 Å². The van der Waals surface area contributed by atoms with Crippen molar-refractivity contribution in [2.45, 2.75) is 0 Å². The van der Waals surface area contributed by atoms with Crippen molar-refractivity contribution in [1.29, 1.82) is 0 Å². The summed E-state index contributed by atoms with van der Waals surface area (Å²) in [4.78, 5) is 18.3. The van der Waals surface area contributed by atoms with Crippen LogP contribution in [0.25, 0.3) is 16.6 Å².